The normalized spacial score (nSPS) is 19.4. The molecule has 2 atom stereocenters. The predicted molar refractivity (Wildman–Crippen MR) is 149 cm³/mol. The van der Waals surface area contributed by atoms with Crippen LogP contribution in [-0.4, -0.2) is 71.1 Å². The first kappa shape index (κ1) is 26.8. The topological polar surface area (TPSA) is 130 Å². The molecule has 2 aliphatic rings. The van der Waals surface area contributed by atoms with Gasteiger partial charge < -0.3 is 15.0 Å². The molecule has 2 N–H and O–H groups in total. The zero-order chi connectivity index (χ0) is 27.7. The van der Waals surface area contributed by atoms with Crippen molar-refractivity contribution in [3.8, 4) is 5.75 Å². The maximum Gasteiger partial charge on any atom is 0.254 e. The van der Waals surface area contributed by atoms with E-state index < -0.39 is 10.0 Å². The van der Waals surface area contributed by atoms with Gasteiger partial charge in [0.1, 0.15) is 11.6 Å². The van der Waals surface area contributed by atoms with Crippen LogP contribution in [0.1, 0.15) is 46.9 Å². The molecule has 0 bridgehead atoms. The number of piperidine rings is 1. The molecule has 4 heterocycles. The minimum absolute atomic E-state index is 0.0269. The fourth-order valence-electron chi connectivity index (χ4n) is 5.32. The van der Waals surface area contributed by atoms with E-state index in [-0.39, 0.29) is 17.8 Å². The van der Waals surface area contributed by atoms with Gasteiger partial charge in [0.15, 0.2) is 0 Å². The number of fused-ring (bicyclic) bond motifs is 1. The molecule has 2 aliphatic heterocycles. The molecule has 0 saturated carbocycles. The number of rotatable bonds is 7. The Morgan fingerprint density at radius 2 is 1.97 bits per heavy atom. The first-order chi connectivity index (χ1) is 18.6. The van der Waals surface area contributed by atoms with Gasteiger partial charge in [-0.25, -0.2) is 23.4 Å². The van der Waals surface area contributed by atoms with Crippen LogP contribution in [0.15, 0.2) is 42.7 Å². The Morgan fingerprint density at radius 3 is 2.72 bits per heavy atom. The van der Waals surface area contributed by atoms with Crippen molar-refractivity contribution in [2.45, 2.75) is 51.9 Å². The lowest BCUT2D eigenvalue weighted by Crippen LogP contribution is -2.50. The second-order valence-corrected chi connectivity index (χ2v) is 12.0. The number of anilines is 3. The van der Waals surface area contributed by atoms with E-state index in [1.54, 1.807) is 13.2 Å². The fourth-order valence-corrected chi connectivity index (χ4v) is 5.81. The van der Waals surface area contributed by atoms with Gasteiger partial charge in [0.25, 0.3) is 5.91 Å². The van der Waals surface area contributed by atoms with Gasteiger partial charge in [0.2, 0.25) is 16.0 Å². The van der Waals surface area contributed by atoms with Gasteiger partial charge in [0.05, 0.1) is 19.1 Å². The quantitative estimate of drug-likeness (QED) is 0.454. The number of nitrogens with one attached hydrogen (secondary N) is 2. The zero-order valence-electron chi connectivity index (χ0n) is 22.5. The summed E-state index contributed by atoms with van der Waals surface area (Å²) in [6.07, 6.45) is 6.06. The van der Waals surface area contributed by atoms with Crippen molar-refractivity contribution in [2.24, 2.45) is 0 Å². The number of aryl methyl sites for hydroxylation is 1. The van der Waals surface area contributed by atoms with Crippen LogP contribution in [0.5, 0.6) is 5.75 Å². The molecule has 206 valence electrons. The molecule has 0 unspecified atom stereocenters. The van der Waals surface area contributed by atoms with E-state index in [1.807, 2.05) is 36.2 Å². The lowest BCUT2D eigenvalue weighted by molar-refractivity contribution is 0.0460. The molecule has 0 aliphatic carbocycles. The summed E-state index contributed by atoms with van der Waals surface area (Å²) in [5.74, 6) is 1.34. The van der Waals surface area contributed by atoms with Crippen LogP contribution in [0, 0.1) is 6.92 Å². The van der Waals surface area contributed by atoms with Crippen molar-refractivity contribution >= 4 is 33.4 Å². The summed E-state index contributed by atoms with van der Waals surface area (Å²) in [5.41, 5.74) is 4.51. The number of methoxy groups -OCH3 is 1. The van der Waals surface area contributed by atoms with Crippen LogP contribution in [0.2, 0.25) is 0 Å². The Bertz CT molecular complexity index is 1500. The van der Waals surface area contributed by atoms with Gasteiger partial charge in [-0.15, -0.1) is 0 Å². The Labute approximate surface area is 228 Å². The van der Waals surface area contributed by atoms with Gasteiger partial charge in [0, 0.05) is 67.0 Å². The Hall–Kier alpha value is -3.77. The number of carbonyl (C=O) groups excluding carboxylic acids is 1. The molecule has 12 heteroatoms. The van der Waals surface area contributed by atoms with E-state index in [0.717, 1.165) is 60.4 Å². The number of pyridine rings is 1. The second-order valence-electron chi connectivity index (χ2n) is 10.3. The number of ether oxygens (including phenoxy) is 1. The summed E-state index contributed by atoms with van der Waals surface area (Å²) in [4.78, 5) is 30.9. The van der Waals surface area contributed by atoms with Gasteiger partial charge in [-0.2, -0.15) is 0 Å². The number of hydrogen-bond acceptors (Lipinski definition) is 9. The van der Waals surface area contributed by atoms with E-state index in [4.69, 9.17) is 9.72 Å². The molecule has 2 aromatic heterocycles. The van der Waals surface area contributed by atoms with Gasteiger partial charge in [-0.3, -0.25) is 14.4 Å². The van der Waals surface area contributed by atoms with E-state index in [2.05, 4.69) is 31.8 Å². The number of sulfonamides is 1. The highest BCUT2D eigenvalue weighted by Gasteiger charge is 2.35. The number of benzene rings is 1. The Kier molecular flexibility index (Phi) is 7.41. The Balaban J connectivity index is 1.21. The molecule has 39 heavy (non-hydrogen) atoms. The molecule has 1 aromatic carbocycles. The van der Waals surface area contributed by atoms with Crippen LogP contribution in [-0.2, 0) is 23.1 Å². The lowest BCUT2D eigenvalue weighted by Gasteiger charge is -2.41. The fraction of sp³-hybridized carbons (Fsp3) is 0.407. The van der Waals surface area contributed by atoms with E-state index in [0.29, 0.717) is 24.1 Å². The third-order valence-corrected chi connectivity index (χ3v) is 7.73. The van der Waals surface area contributed by atoms with Crippen molar-refractivity contribution in [1.82, 2.24) is 24.8 Å². The van der Waals surface area contributed by atoms with Crippen LogP contribution >= 0.6 is 0 Å². The number of carbonyl (C=O) groups is 1. The minimum atomic E-state index is -3.48. The van der Waals surface area contributed by atoms with Gasteiger partial charge in [-0.05, 0) is 56.5 Å². The summed E-state index contributed by atoms with van der Waals surface area (Å²) in [5, 5.41) is 3.29. The highest BCUT2D eigenvalue weighted by molar-refractivity contribution is 7.92. The number of hydrogen-bond donors (Lipinski definition) is 2. The van der Waals surface area contributed by atoms with Crippen molar-refractivity contribution in [3.05, 3.63) is 65.1 Å². The predicted octanol–water partition coefficient (Wildman–Crippen LogP) is 3.31. The molecule has 0 radical (unpaired) electrons. The molecular formula is C27H33N7O4S. The first-order valence-corrected chi connectivity index (χ1v) is 14.7. The second kappa shape index (κ2) is 10.8. The maximum atomic E-state index is 13.3. The van der Waals surface area contributed by atoms with Crippen LogP contribution in [0.3, 0.4) is 0 Å². The maximum absolute atomic E-state index is 13.3. The summed E-state index contributed by atoms with van der Waals surface area (Å²) >= 11 is 0. The average Bonchev–Trinajstić information content (AvgIpc) is 3.30. The van der Waals surface area contributed by atoms with E-state index >= 15 is 0 Å². The molecule has 1 fully saturated rings. The molecule has 1 saturated heterocycles. The third-order valence-electron chi connectivity index (χ3n) is 7.15. The molecule has 1 amide bonds. The molecule has 0 spiro atoms. The van der Waals surface area contributed by atoms with Crippen molar-refractivity contribution in [2.75, 3.05) is 29.9 Å². The van der Waals surface area contributed by atoms with Crippen molar-refractivity contribution in [3.63, 3.8) is 0 Å². The summed E-state index contributed by atoms with van der Waals surface area (Å²) in [6, 6.07) is 9.35. The molecular weight excluding hydrogens is 518 g/mol. The highest BCUT2D eigenvalue weighted by Crippen LogP contribution is 2.31. The average molecular weight is 552 g/mol. The van der Waals surface area contributed by atoms with Gasteiger partial charge in [-0.1, -0.05) is 0 Å². The molecule has 3 aromatic rings. The third kappa shape index (κ3) is 6.28. The zero-order valence-corrected chi connectivity index (χ0v) is 23.3. The van der Waals surface area contributed by atoms with Crippen molar-refractivity contribution < 1.29 is 17.9 Å². The lowest BCUT2D eigenvalue weighted by atomic mass is 9.96. The van der Waals surface area contributed by atoms with Crippen LogP contribution < -0.4 is 14.8 Å². The van der Waals surface area contributed by atoms with Gasteiger partial charge >= 0.3 is 0 Å². The SMILES string of the molecule is COc1cc(C)cc(Nc2ncc3c(n2)CN([C@H]2CCN(C(=O)c4ccnc(NS(C)(=O)=O)c4)[C@H](C)C2)C3)c1. The Morgan fingerprint density at radius 1 is 1.15 bits per heavy atom. The summed E-state index contributed by atoms with van der Waals surface area (Å²) < 4.78 is 30.8. The van der Waals surface area contributed by atoms with Crippen LogP contribution in [0.4, 0.5) is 17.5 Å². The molecule has 5 rings (SSSR count). The standard InChI is InChI=1S/C27H33N7O4S/c1-17-9-21(13-23(10-17)38-3)30-27-29-14-20-15-33(16-24(20)31-27)22-6-8-34(18(2)11-22)26(35)19-5-7-28-25(12-19)32-39(4,36)37/h5,7,9-10,12-14,18,22H,6,8,11,15-16H2,1-4H3,(H,28,32)(H,29,30,31)/t18-,22+/m1/s1. The summed E-state index contributed by atoms with van der Waals surface area (Å²) in [6.45, 7) is 6.20. The molecule has 11 nitrogen and oxygen atoms in total. The number of nitrogens with zero attached hydrogens (tertiary/aromatic N) is 5. The van der Waals surface area contributed by atoms with Crippen LogP contribution in [0.25, 0.3) is 0 Å². The smallest absolute Gasteiger partial charge is 0.254 e. The number of likely N-dealkylation sites (tertiary alicyclic amines) is 1. The minimum Gasteiger partial charge on any atom is -0.497 e. The van der Waals surface area contributed by atoms with E-state index in [9.17, 15) is 13.2 Å². The van der Waals surface area contributed by atoms with Crippen molar-refractivity contribution in [1.29, 1.82) is 0 Å². The number of aromatic nitrogens is 3. The first-order valence-electron chi connectivity index (χ1n) is 12.8. The highest BCUT2D eigenvalue weighted by atomic mass is 32.2. The largest absolute Gasteiger partial charge is 0.497 e. The summed E-state index contributed by atoms with van der Waals surface area (Å²) in [7, 11) is -1.83. The number of amides is 1. The van der Waals surface area contributed by atoms with E-state index in [1.165, 1.54) is 12.3 Å². The monoisotopic (exact) mass is 551 g/mol.